The van der Waals surface area contributed by atoms with E-state index in [1.165, 1.54) is 30.0 Å². The maximum absolute atomic E-state index is 13.7. The fourth-order valence-corrected chi connectivity index (χ4v) is 5.43. The van der Waals surface area contributed by atoms with Crippen LogP contribution in [-0.4, -0.2) is 22.1 Å². The Morgan fingerprint density at radius 1 is 1.09 bits per heavy atom. The van der Waals surface area contributed by atoms with E-state index in [9.17, 15) is 9.18 Å². The molecule has 6 rings (SSSR count). The van der Waals surface area contributed by atoms with Crippen molar-refractivity contribution in [2.75, 3.05) is 5.32 Å². The molecule has 0 saturated heterocycles. The third kappa shape index (κ3) is 4.06. The van der Waals surface area contributed by atoms with Gasteiger partial charge in [0, 0.05) is 42.1 Å². The number of hydrogen-bond donors (Lipinski definition) is 3. The van der Waals surface area contributed by atoms with Crippen molar-refractivity contribution in [3.8, 4) is 0 Å². The van der Waals surface area contributed by atoms with Gasteiger partial charge in [0.1, 0.15) is 5.82 Å². The van der Waals surface area contributed by atoms with E-state index < -0.39 is 5.82 Å². The highest BCUT2D eigenvalue weighted by Crippen LogP contribution is 2.51. The van der Waals surface area contributed by atoms with Gasteiger partial charge < -0.3 is 10.6 Å². The highest BCUT2D eigenvalue weighted by Gasteiger charge is 2.39. The molecule has 3 aliphatic rings. The van der Waals surface area contributed by atoms with Crippen molar-refractivity contribution in [2.24, 2.45) is 0 Å². The average Bonchev–Trinajstić information content (AvgIpc) is 3.52. The van der Waals surface area contributed by atoms with Crippen molar-refractivity contribution in [3.63, 3.8) is 0 Å². The quantitative estimate of drug-likeness (QED) is 0.445. The average molecular weight is 465 g/mol. The Labute approximate surface area is 197 Å². The van der Waals surface area contributed by atoms with Crippen LogP contribution in [-0.2, 0) is 11.3 Å². The van der Waals surface area contributed by atoms with Gasteiger partial charge in [-0.25, -0.2) is 4.39 Å². The number of nitrogens with zero attached hydrogens (tertiary/aromatic N) is 1. The molecule has 2 aromatic carbocycles. The molecule has 1 aromatic heterocycles. The Bertz CT molecular complexity index is 1210. The van der Waals surface area contributed by atoms with Gasteiger partial charge in [-0.2, -0.15) is 5.10 Å². The second kappa shape index (κ2) is 8.26. The first kappa shape index (κ1) is 20.9. The number of carbonyl (C=O) groups is 1. The Morgan fingerprint density at radius 3 is 2.73 bits per heavy atom. The third-order valence-corrected chi connectivity index (χ3v) is 7.61. The van der Waals surface area contributed by atoms with Gasteiger partial charge in [-0.05, 0) is 60.4 Å². The van der Waals surface area contributed by atoms with Crippen molar-refractivity contribution >= 4 is 23.3 Å². The van der Waals surface area contributed by atoms with E-state index in [1.807, 2.05) is 0 Å². The van der Waals surface area contributed by atoms with Gasteiger partial charge >= 0.3 is 0 Å². The number of aromatic nitrogens is 2. The van der Waals surface area contributed by atoms with Crippen LogP contribution in [0.5, 0.6) is 0 Å². The number of aromatic amines is 1. The van der Waals surface area contributed by atoms with Crippen LogP contribution in [0.4, 0.5) is 10.2 Å². The summed E-state index contributed by atoms with van der Waals surface area (Å²) in [5.74, 6) is 0.734. The zero-order chi connectivity index (χ0) is 22.5. The van der Waals surface area contributed by atoms with Crippen LogP contribution in [0.15, 0.2) is 42.5 Å². The maximum Gasteiger partial charge on any atom is 0.226 e. The summed E-state index contributed by atoms with van der Waals surface area (Å²) in [4.78, 5) is 12.3. The summed E-state index contributed by atoms with van der Waals surface area (Å²) in [6.45, 7) is 0.935. The molecule has 7 heteroatoms. The first-order valence-electron chi connectivity index (χ1n) is 11.7. The summed E-state index contributed by atoms with van der Waals surface area (Å²) in [5, 5.41) is 14.2. The smallest absolute Gasteiger partial charge is 0.226 e. The lowest BCUT2D eigenvalue weighted by atomic mass is 9.68. The first-order chi connectivity index (χ1) is 16.0. The third-order valence-electron chi connectivity index (χ3n) is 7.32. The normalized spacial score (nSPS) is 24.2. The van der Waals surface area contributed by atoms with E-state index >= 15 is 0 Å². The molecule has 170 valence electrons. The molecule has 1 aliphatic heterocycles. The Hall–Kier alpha value is -2.70. The molecular weight excluding hydrogens is 439 g/mol. The lowest BCUT2D eigenvalue weighted by Gasteiger charge is -2.37. The minimum atomic E-state index is -0.454. The summed E-state index contributed by atoms with van der Waals surface area (Å²) < 4.78 is 13.7. The van der Waals surface area contributed by atoms with E-state index in [0.29, 0.717) is 30.1 Å². The molecule has 2 fully saturated rings. The molecule has 1 amide bonds. The Kier molecular flexibility index (Phi) is 5.23. The van der Waals surface area contributed by atoms with Crippen LogP contribution >= 0.6 is 11.6 Å². The number of anilines is 1. The fraction of sp³-hybridized carbons (Fsp3) is 0.385. The molecule has 0 radical (unpaired) electrons. The number of hydrogen-bond acceptors (Lipinski definition) is 3. The number of nitrogens with one attached hydrogen (secondary N) is 3. The van der Waals surface area contributed by atoms with Gasteiger partial charge in [-0.1, -0.05) is 41.9 Å². The topological polar surface area (TPSA) is 69.8 Å². The second-order valence-electron chi connectivity index (χ2n) is 9.64. The number of H-pyrrole nitrogens is 1. The zero-order valence-electron chi connectivity index (χ0n) is 18.2. The molecule has 33 heavy (non-hydrogen) atoms. The van der Waals surface area contributed by atoms with Crippen LogP contribution in [0.1, 0.15) is 77.8 Å². The summed E-state index contributed by atoms with van der Waals surface area (Å²) in [6, 6.07) is 14.3. The minimum absolute atomic E-state index is 0.0739. The van der Waals surface area contributed by atoms with Crippen LogP contribution in [0.2, 0.25) is 5.02 Å². The molecule has 2 saturated carbocycles. The van der Waals surface area contributed by atoms with Gasteiger partial charge in [0.25, 0.3) is 0 Å². The first-order valence-corrected chi connectivity index (χ1v) is 12.1. The van der Waals surface area contributed by atoms with Crippen molar-refractivity contribution < 1.29 is 9.18 Å². The van der Waals surface area contributed by atoms with Gasteiger partial charge in [0.05, 0.1) is 5.02 Å². The molecule has 0 bridgehead atoms. The highest BCUT2D eigenvalue weighted by atomic mass is 35.5. The molecule has 3 aromatic rings. The molecule has 3 N–H and O–H groups in total. The summed E-state index contributed by atoms with van der Waals surface area (Å²) in [5.41, 5.74) is 5.68. The molecule has 1 unspecified atom stereocenters. The number of fused-ring (bicyclic) bond motifs is 1. The highest BCUT2D eigenvalue weighted by molar-refractivity contribution is 6.30. The molecule has 2 heterocycles. The standard InChI is InChI=1S/C26H26ClFN4O/c27-21-11-16(4-7-22(21)28)20-12-23(33)30-26-24(20)25(31-32-26)18-9-17(10-18)15-3-1-2-14(8-15)13-29-19-5-6-19/h1-4,7-8,11,17-20,29H,5-6,9-10,12-13H2,(H2,30,31,32,33). The molecule has 5 nitrogen and oxygen atoms in total. The van der Waals surface area contributed by atoms with Crippen molar-refractivity contribution in [3.05, 3.63) is 81.3 Å². The number of rotatable bonds is 6. The lowest BCUT2D eigenvalue weighted by Crippen LogP contribution is -2.26. The minimum Gasteiger partial charge on any atom is -0.310 e. The number of halogens is 2. The Morgan fingerprint density at radius 2 is 1.94 bits per heavy atom. The lowest BCUT2D eigenvalue weighted by molar-refractivity contribution is -0.116. The molecular formula is C26H26ClFN4O. The Balaban J connectivity index is 1.22. The van der Waals surface area contributed by atoms with E-state index in [-0.39, 0.29) is 16.8 Å². The monoisotopic (exact) mass is 464 g/mol. The summed E-state index contributed by atoms with van der Waals surface area (Å²) in [6.07, 6.45) is 4.97. The van der Waals surface area contributed by atoms with Gasteiger partial charge in [-0.3, -0.25) is 9.89 Å². The second-order valence-corrected chi connectivity index (χ2v) is 10.1. The van der Waals surface area contributed by atoms with Crippen LogP contribution < -0.4 is 10.6 Å². The van der Waals surface area contributed by atoms with Crippen molar-refractivity contribution in [2.45, 2.75) is 62.4 Å². The van der Waals surface area contributed by atoms with Gasteiger partial charge in [0.15, 0.2) is 5.82 Å². The van der Waals surface area contributed by atoms with Gasteiger partial charge in [-0.15, -0.1) is 0 Å². The summed E-state index contributed by atoms with van der Waals surface area (Å²) >= 11 is 6.05. The van der Waals surface area contributed by atoms with Crippen LogP contribution in [0.25, 0.3) is 0 Å². The predicted molar refractivity (Wildman–Crippen MR) is 126 cm³/mol. The van der Waals surface area contributed by atoms with E-state index in [0.717, 1.165) is 36.2 Å². The zero-order valence-corrected chi connectivity index (χ0v) is 19.0. The van der Waals surface area contributed by atoms with Crippen molar-refractivity contribution in [1.29, 1.82) is 0 Å². The van der Waals surface area contributed by atoms with E-state index in [1.54, 1.807) is 12.1 Å². The predicted octanol–water partition coefficient (Wildman–Crippen LogP) is 5.59. The number of carbonyl (C=O) groups excluding carboxylic acids is 1. The van der Waals surface area contributed by atoms with E-state index in [2.05, 4.69) is 45.1 Å². The van der Waals surface area contributed by atoms with Gasteiger partial charge in [0.2, 0.25) is 5.91 Å². The SMILES string of the molecule is O=C1CC(c2ccc(F)c(Cl)c2)c2c(n[nH]c2C2CC(c3cccc(CNC4CC4)c3)C2)N1. The molecule has 1 atom stereocenters. The van der Waals surface area contributed by atoms with E-state index in [4.69, 9.17) is 11.6 Å². The largest absolute Gasteiger partial charge is 0.310 e. The molecule has 2 aliphatic carbocycles. The fourth-order valence-electron chi connectivity index (χ4n) is 5.24. The number of benzene rings is 2. The maximum atomic E-state index is 13.7. The summed E-state index contributed by atoms with van der Waals surface area (Å²) in [7, 11) is 0. The van der Waals surface area contributed by atoms with Crippen molar-refractivity contribution in [1.82, 2.24) is 15.5 Å². The van der Waals surface area contributed by atoms with Crippen LogP contribution in [0, 0.1) is 5.82 Å². The molecule has 0 spiro atoms. The number of amides is 1. The van der Waals surface area contributed by atoms with Crippen LogP contribution in [0.3, 0.4) is 0 Å².